The van der Waals surface area contributed by atoms with E-state index < -0.39 is 11.6 Å². The second kappa shape index (κ2) is 9.35. The first-order chi connectivity index (χ1) is 10.4. The molecule has 0 radical (unpaired) electrons. The fourth-order valence-corrected chi connectivity index (χ4v) is 2.11. The monoisotopic (exact) mass is 314 g/mol. The van der Waals surface area contributed by atoms with E-state index in [1.807, 2.05) is 13.8 Å². The lowest BCUT2D eigenvalue weighted by atomic mass is 10.1. The van der Waals surface area contributed by atoms with Gasteiger partial charge >= 0.3 is 6.03 Å². The first-order valence-electron chi connectivity index (χ1n) is 7.54. The Morgan fingerprint density at radius 2 is 1.77 bits per heavy atom. The van der Waals surface area contributed by atoms with E-state index in [4.69, 9.17) is 5.11 Å². The molecule has 3 N–H and O–H groups in total. The summed E-state index contributed by atoms with van der Waals surface area (Å²) in [5, 5.41) is 14.3. The topological polar surface area (TPSA) is 61.4 Å². The molecule has 0 heterocycles. The van der Waals surface area contributed by atoms with E-state index in [1.54, 1.807) is 6.07 Å². The highest BCUT2D eigenvalue weighted by molar-refractivity contribution is 5.74. The number of urea groups is 1. The zero-order chi connectivity index (χ0) is 16.5. The molecule has 0 spiro atoms. The third-order valence-electron chi connectivity index (χ3n) is 3.40. The molecular weight excluding hydrogens is 290 g/mol. The Kier molecular flexibility index (Phi) is 7.80. The van der Waals surface area contributed by atoms with Crippen LogP contribution in [-0.2, 0) is 6.42 Å². The van der Waals surface area contributed by atoms with Crippen molar-refractivity contribution in [2.75, 3.05) is 6.61 Å². The van der Waals surface area contributed by atoms with Gasteiger partial charge in [-0.1, -0.05) is 6.07 Å². The van der Waals surface area contributed by atoms with E-state index in [-0.39, 0.29) is 24.7 Å². The molecule has 1 aromatic rings. The summed E-state index contributed by atoms with van der Waals surface area (Å²) in [5.74, 6) is -1.71. The van der Waals surface area contributed by atoms with Crippen LogP contribution >= 0.6 is 0 Å². The average Bonchev–Trinajstić information content (AvgIpc) is 2.46. The fraction of sp³-hybridized carbons (Fsp3) is 0.562. The Hall–Kier alpha value is -1.69. The van der Waals surface area contributed by atoms with Gasteiger partial charge in [0, 0.05) is 18.7 Å². The third-order valence-corrected chi connectivity index (χ3v) is 3.40. The lowest BCUT2D eigenvalue weighted by Gasteiger charge is -2.18. The molecule has 1 rings (SSSR count). The molecule has 22 heavy (non-hydrogen) atoms. The molecule has 0 bridgehead atoms. The maximum absolute atomic E-state index is 13.1. The molecule has 0 aliphatic rings. The van der Waals surface area contributed by atoms with Gasteiger partial charge in [0.1, 0.15) is 0 Å². The number of carbonyl (C=O) groups excluding carboxylic acids is 1. The van der Waals surface area contributed by atoms with Crippen molar-refractivity contribution in [3.8, 4) is 0 Å². The van der Waals surface area contributed by atoms with Crippen LogP contribution in [0.3, 0.4) is 0 Å². The Morgan fingerprint density at radius 3 is 2.36 bits per heavy atom. The second-order valence-electron chi connectivity index (χ2n) is 5.57. The van der Waals surface area contributed by atoms with Crippen LogP contribution in [0.5, 0.6) is 0 Å². The Bertz CT molecular complexity index is 483. The summed E-state index contributed by atoms with van der Waals surface area (Å²) in [4.78, 5) is 11.7. The molecule has 6 heteroatoms. The number of aliphatic hydroxyl groups is 1. The van der Waals surface area contributed by atoms with Crippen molar-refractivity contribution in [1.82, 2.24) is 10.6 Å². The lowest BCUT2D eigenvalue weighted by Crippen LogP contribution is -2.44. The summed E-state index contributed by atoms with van der Waals surface area (Å²) >= 11 is 0. The van der Waals surface area contributed by atoms with Crippen molar-refractivity contribution in [3.63, 3.8) is 0 Å². The number of nitrogens with one attached hydrogen (secondary N) is 2. The summed E-state index contributed by atoms with van der Waals surface area (Å²) in [7, 11) is 0. The molecule has 0 aliphatic carbocycles. The van der Waals surface area contributed by atoms with Gasteiger partial charge in [0.2, 0.25) is 0 Å². The van der Waals surface area contributed by atoms with Crippen molar-refractivity contribution >= 4 is 6.03 Å². The minimum atomic E-state index is -0.855. The minimum Gasteiger partial charge on any atom is -0.396 e. The summed E-state index contributed by atoms with van der Waals surface area (Å²) in [6, 6.07) is 3.48. The van der Waals surface area contributed by atoms with Crippen molar-refractivity contribution in [2.24, 2.45) is 0 Å². The summed E-state index contributed by atoms with van der Waals surface area (Å²) in [6.07, 6.45) is 2.54. The van der Waals surface area contributed by atoms with Crippen LogP contribution in [0.2, 0.25) is 0 Å². The SMILES string of the molecule is CC(CCCO)NC(=O)NC(C)CCc1ccc(F)c(F)c1. The number of carbonyl (C=O) groups is 1. The molecule has 124 valence electrons. The molecule has 4 nitrogen and oxygen atoms in total. The van der Waals surface area contributed by atoms with Gasteiger partial charge in [-0.15, -0.1) is 0 Å². The van der Waals surface area contributed by atoms with E-state index in [1.165, 1.54) is 6.07 Å². The smallest absolute Gasteiger partial charge is 0.315 e. The van der Waals surface area contributed by atoms with Gasteiger partial charge in [0.05, 0.1) is 0 Å². The predicted octanol–water partition coefficient (Wildman–Crippen LogP) is 2.75. The van der Waals surface area contributed by atoms with E-state index >= 15 is 0 Å². The van der Waals surface area contributed by atoms with Crippen molar-refractivity contribution in [2.45, 2.75) is 51.6 Å². The quantitative estimate of drug-likeness (QED) is 0.691. The lowest BCUT2D eigenvalue weighted by molar-refractivity contribution is 0.231. The van der Waals surface area contributed by atoms with Crippen LogP contribution in [0.25, 0.3) is 0 Å². The zero-order valence-corrected chi connectivity index (χ0v) is 13.0. The molecular formula is C16H24F2N2O2. The van der Waals surface area contributed by atoms with Crippen LogP contribution in [0.4, 0.5) is 13.6 Å². The van der Waals surface area contributed by atoms with Gasteiger partial charge in [-0.25, -0.2) is 13.6 Å². The number of aryl methyl sites for hydroxylation is 1. The highest BCUT2D eigenvalue weighted by Crippen LogP contribution is 2.11. The molecule has 2 atom stereocenters. The fourth-order valence-electron chi connectivity index (χ4n) is 2.11. The molecule has 0 fully saturated rings. The third kappa shape index (κ3) is 6.85. The maximum atomic E-state index is 13.1. The van der Waals surface area contributed by atoms with Gasteiger partial charge in [-0.05, 0) is 57.2 Å². The van der Waals surface area contributed by atoms with Crippen LogP contribution in [0.1, 0.15) is 38.7 Å². The van der Waals surface area contributed by atoms with E-state index in [0.29, 0.717) is 31.2 Å². The summed E-state index contributed by atoms with van der Waals surface area (Å²) < 4.78 is 25.9. The van der Waals surface area contributed by atoms with E-state index in [2.05, 4.69) is 10.6 Å². The van der Waals surface area contributed by atoms with Crippen LogP contribution in [0.15, 0.2) is 18.2 Å². The number of benzene rings is 1. The largest absolute Gasteiger partial charge is 0.396 e. The Balaban J connectivity index is 2.31. The summed E-state index contributed by atoms with van der Waals surface area (Å²) in [5.41, 5.74) is 0.698. The first-order valence-corrected chi connectivity index (χ1v) is 7.54. The predicted molar refractivity (Wildman–Crippen MR) is 81.6 cm³/mol. The van der Waals surface area contributed by atoms with Gasteiger partial charge in [0.15, 0.2) is 11.6 Å². The number of amides is 2. The van der Waals surface area contributed by atoms with Crippen molar-refractivity contribution < 1.29 is 18.7 Å². The first kappa shape index (κ1) is 18.4. The minimum absolute atomic E-state index is 0.00876. The average molecular weight is 314 g/mol. The van der Waals surface area contributed by atoms with Crippen molar-refractivity contribution in [3.05, 3.63) is 35.4 Å². The van der Waals surface area contributed by atoms with E-state index in [9.17, 15) is 13.6 Å². The zero-order valence-electron chi connectivity index (χ0n) is 13.0. The van der Waals surface area contributed by atoms with Crippen LogP contribution in [0, 0.1) is 11.6 Å². The molecule has 2 unspecified atom stereocenters. The van der Waals surface area contributed by atoms with E-state index in [0.717, 1.165) is 6.07 Å². The Morgan fingerprint density at radius 1 is 1.14 bits per heavy atom. The second-order valence-corrected chi connectivity index (χ2v) is 5.57. The molecule has 0 saturated heterocycles. The number of halogens is 2. The highest BCUT2D eigenvalue weighted by atomic mass is 19.2. The number of hydrogen-bond acceptors (Lipinski definition) is 2. The van der Waals surface area contributed by atoms with Crippen molar-refractivity contribution in [1.29, 1.82) is 0 Å². The Labute approximate surface area is 129 Å². The molecule has 2 amide bonds. The number of aliphatic hydroxyl groups excluding tert-OH is 1. The summed E-state index contributed by atoms with van der Waals surface area (Å²) in [6.45, 7) is 3.84. The molecule has 0 aliphatic heterocycles. The normalized spacial score (nSPS) is 13.5. The highest BCUT2D eigenvalue weighted by Gasteiger charge is 2.11. The van der Waals surface area contributed by atoms with Gasteiger partial charge in [0.25, 0.3) is 0 Å². The standard InChI is InChI=1S/C16H24F2N2O2/c1-11(4-3-9-21)19-16(22)20-12(2)5-6-13-7-8-14(17)15(18)10-13/h7-8,10-12,21H,3-6,9H2,1-2H3,(H2,19,20,22). The molecule has 0 aromatic heterocycles. The molecule has 1 aromatic carbocycles. The van der Waals surface area contributed by atoms with Crippen LogP contribution < -0.4 is 10.6 Å². The van der Waals surface area contributed by atoms with Gasteiger partial charge < -0.3 is 15.7 Å². The van der Waals surface area contributed by atoms with Gasteiger partial charge in [-0.2, -0.15) is 0 Å². The maximum Gasteiger partial charge on any atom is 0.315 e. The number of hydrogen-bond donors (Lipinski definition) is 3. The van der Waals surface area contributed by atoms with Gasteiger partial charge in [-0.3, -0.25) is 0 Å². The number of rotatable bonds is 8. The molecule has 0 saturated carbocycles. The van der Waals surface area contributed by atoms with Crippen LogP contribution in [-0.4, -0.2) is 29.8 Å².